The molecule has 0 aliphatic carbocycles. The summed E-state index contributed by atoms with van der Waals surface area (Å²) in [6.45, 7) is 6.95. The Bertz CT molecular complexity index is 777. The van der Waals surface area contributed by atoms with Crippen LogP contribution in [0.15, 0.2) is 59.1 Å². The van der Waals surface area contributed by atoms with Crippen LogP contribution in [0, 0.1) is 5.92 Å². The SMILES string of the molecule is CCC(=O)N(Cc1cccc(Br)c1)[C@@H](Cc1ccccc1)C(=O)NCC(C)C. The highest BCUT2D eigenvalue weighted by Crippen LogP contribution is 2.18. The molecule has 0 aromatic heterocycles. The summed E-state index contributed by atoms with van der Waals surface area (Å²) in [6.07, 6.45) is 0.848. The zero-order valence-electron chi connectivity index (χ0n) is 16.8. The van der Waals surface area contributed by atoms with Crippen LogP contribution >= 0.6 is 15.9 Å². The summed E-state index contributed by atoms with van der Waals surface area (Å²) in [5, 5.41) is 3.02. The Morgan fingerprint density at radius 2 is 1.71 bits per heavy atom. The summed E-state index contributed by atoms with van der Waals surface area (Å²) in [6, 6.07) is 17.2. The van der Waals surface area contributed by atoms with E-state index >= 15 is 0 Å². The molecule has 2 rings (SSSR count). The number of rotatable bonds is 9. The maximum atomic E-state index is 13.1. The van der Waals surface area contributed by atoms with Crippen molar-refractivity contribution in [3.05, 3.63) is 70.2 Å². The smallest absolute Gasteiger partial charge is 0.243 e. The molecule has 1 atom stereocenters. The molecule has 28 heavy (non-hydrogen) atoms. The molecule has 0 unspecified atom stereocenters. The van der Waals surface area contributed by atoms with E-state index in [2.05, 4.69) is 35.1 Å². The number of amides is 2. The molecule has 4 nitrogen and oxygen atoms in total. The molecule has 0 heterocycles. The molecule has 150 valence electrons. The second kappa shape index (κ2) is 11.0. The maximum Gasteiger partial charge on any atom is 0.243 e. The van der Waals surface area contributed by atoms with Crippen molar-refractivity contribution >= 4 is 27.7 Å². The van der Waals surface area contributed by atoms with Gasteiger partial charge in [0.15, 0.2) is 0 Å². The predicted octanol–water partition coefficient (Wildman–Crippen LogP) is 4.57. The number of benzene rings is 2. The van der Waals surface area contributed by atoms with Crippen LogP contribution in [-0.2, 0) is 22.6 Å². The Hall–Kier alpha value is -2.14. The molecule has 2 aromatic rings. The van der Waals surface area contributed by atoms with Gasteiger partial charge in [0.25, 0.3) is 0 Å². The van der Waals surface area contributed by atoms with Crippen molar-refractivity contribution in [2.45, 2.75) is 46.2 Å². The first kappa shape index (κ1) is 22.2. The quantitative estimate of drug-likeness (QED) is 0.615. The maximum absolute atomic E-state index is 13.1. The lowest BCUT2D eigenvalue weighted by atomic mass is 10.0. The van der Waals surface area contributed by atoms with Crippen LogP contribution in [-0.4, -0.2) is 29.3 Å². The fourth-order valence-electron chi connectivity index (χ4n) is 3.01. The number of carbonyl (C=O) groups is 2. The van der Waals surface area contributed by atoms with Crippen molar-refractivity contribution < 1.29 is 9.59 Å². The molecule has 2 aromatic carbocycles. The zero-order chi connectivity index (χ0) is 20.5. The molecule has 0 aliphatic rings. The van der Waals surface area contributed by atoms with Crippen molar-refractivity contribution in [3.63, 3.8) is 0 Å². The molecule has 0 bridgehead atoms. The van der Waals surface area contributed by atoms with E-state index in [1.165, 1.54) is 0 Å². The molecule has 2 amide bonds. The largest absolute Gasteiger partial charge is 0.354 e. The summed E-state index contributed by atoms with van der Waals surface area (Å²) in [5.74, 6) is 0.219. The lowest BCUT2D eigenvalue weighted by molar-refractivity contribution is -0.141. The van der Waals surface area contributed by atoms with Gasteiger partial charge < -0.3 is 10.2 Å². The fraction of sp³-hybridized carbons (Fsp3) is 0.391. The van der Waals surface area contributed by atoms with Gasteiger partial charge in [0.05, 0.1) is 0 Å². The van der Waals surface area contributed by atoms with Crippen LogP contribution in [0.3, 0.4) is 0 Å². The zero-order valence-corrected chi connectivity index (χ0v) is 18.4. The summed E-state index contributed by atoms with van der Waals surface area (Å²) >= 11 is 3.48. The van der Waals surface area contributed by atoms with Gasteiger partial charge in [0, 0.05) is 30.4 Å². The lowest BCUT2D eigenvalue weighted by Gasteiger charge is -2.31. The average molecular weight is 445 g/mol. The number of nitrogens with one attached hydrogen (secondary N) is 1. The molecule has 1 N–H and O–H groups in total. The van der Waals surface area contributed by atoms with Crippen molar-refractivity contribution in [1.82, 2.24) is 10.2 Å². The van der Waals surface area contributed by atoms with Gasteiger partial charge in [-0.1, -0.05) is 79.2 Å². The topological polar surface area (TPSA) is 49.4 Å². The second-order valence-electron chi connectivity index (χ2n) is 7.35. The Morgan fingerprint density at radius 3 is 2.32 bits per heavy atom. The minimum absolute atomic E-state index is 0.0272. The number of halogens is 1. The van der Waals surface area contributed by atoms with Gasteiger partial charge in [-0.2, -0.15) is 0 Å². The highest BCUT2D eigenvalue weighted by atomic mass is 79.9. The van der Waals surface area contributed by atoms with E-state index in [1.807, 2.05) is 61.5 Å². The third-order valence-electron chi connectivity index (χ3n) is 4.50. The highest BCUT2D eigenvalue weighted by Gasteiger charge is 2.29. The number of nitrogens with zero attached hydrogens (tertiary/aromatic N) is 1. The van der Waals surface area contributed by atoms with Crippen LogP contribution in [0.5, 0.6) is 0 Å². The fourth-order valence-corrected chi connectivity index (χ4v) is 3.46. The van der Waals surface area contributed by atoms with E-state index < -0.39 is 6.04 Å². The van der Waals surface area contributed by atoms with E-state index in [1.54, 1.807) is 4.90 Å². The van der Waals surface area contributed by atoms with Crippen molar-refractivity contribution in [3.8, 4) is 0 Å². The van der Waals surface area contributed by atoms with Gasteiger partial charge in [-0.3, -0.25) is 9.59 Å². The molecular formula is C23H29BrN2O2. The van der Waals surface area contributed by atoms with Crippen LogP contribution in [0.1, 0.15) is 38.3 Å². The Kier molecular flexibility index (Phi) is 8.71. The highest BCUT2D eigenvalue weighted by molar-refractivity contribution is 9.10. The molecular weight excluding hydrogens is 416 g/mol. The molecule has 0 saturated carbocycles. The van der Waals surface area contributed by atoms with Crippen molar-refractivity contribution in [1.29, 1.82) is 0 Å². The molecule has 0 spiro atoms. The minimum Gasteiger partial charge on any atom is -0.354 e. The van der Waals surface area contributed by atoms with Gasteiger partial charge in [-0.05, 0) is 29.2 Å². The monoisotopic (exact) mass is 444 g/mol. The van der Waals surface area contributed by atoms with E-state index in [9.17, 15) is 9.59 Å². The second-order valence-corrected chi connectivity index (χ2v) is 8.27. The normalized spacial score (nSPS) is 11.9. The van der Waals surface area contributed by atoms with Crippen molar-refractivity contribution in [2.75, 3.05) is 6.54 Å². The predicted molar refractivity (Wildman–Crippen MR) is 117 cm³/mol. The summed E-state index contributed by atoms with van der Waals surface area (Å²) in [7, 11) is 0. The lowest BCUT2D eigenvalue weighted by Crippen LogP contribution is -2.50. The average Bonchev–Trinajstić information content (AvgIpc) is 2.69. The first-order chi connectivity index (χ1) is 13.4. The molecule has 0 radical (unpaired) electrons. The van der Waals surface area contributed by atoms with Crippen LogP contribution < -0.4 is 5.32 Å². The third kappa shape index (κ3) is 6.79. The van der Waals surface area contributed by atoms with Gasteiger partial charge in [0.1, 0.15) is 6.04 Å². The van der Waals surface area contributed by atoms with Gasteiger partial charge in [0.2, 0.25) is 11.8 Å². The van der Waals surface area contributed by atoms with E-state index in [-0.39, 0.29) is 11.8 Å². The summed E-state index contributed by atoms with van der Waals surface area (Å²) in [4.78, 5) is 27.6. The molecule has 5 heteroatoms. The van der Waals surface area contributed by atoms with E-state index in [0.29, 0.717) is 31.8 Å². The Balaban J connectivity index is 2.32. The summed E-state index contributed by atoms with van der Waals surface area (Å²) < 4.78 is 0.956. The standard InChI is InChI=1S/C23H29BrN2O2/c1-4-22(27)26(16-19-11-8-12-20(24)13-19)21(23(28)25-15-17(2)3)14-18-9-6-5-7-10-18/h5-13,17,21H,4,14-16H2,1-3H3,(H,25,28)/t21-/m0/s1. The molecule has 0 saturated heterocycles. The number of hydrogen-bond donors (Lipinski definition) is 1. The van der Waals surface area contributed by atoms with E-state index in [0.717, 1.165) is 15.6 Å². The molecule has 0 fully saturated rings. The first-order valence-corrected chi connectivity index (χ1v) is 10.6. The Morgan fingerprint density at radius 1 is 1.04 bits per heavy atom. The Labute approximate surface area is 176 Å². The van der Waals surface area contributed by atoms with Gasteiger partial charge in [-0.15, -0.1) is 0 Å². The first-order valence-electron chi connectivity index (χ1n) is 9.76. The minimum atomic E-state index is -0.549. The summed E-state index contributed by atoms with van der Waals surface area (Å²) in [5.41, 5.74) is 2.03. The number of carbonyl (C=O) groups excluding carboxylic acids is 2. The van der Waals surface area contributed by atoms with Gasteiger partial charge >= 0.3 is 0 Å². The van der Waals surface area contributed by atoms with E-state index in [4.69, 9.17) is 0 Å². The van der Waals surface area contributed by atoms with Crippen LogP contribution in [0.4, 0.5) is 0 Å². The van der Waals surface area contributed by atoms with Crippen LogP contribution in [0.2, 0.25) is 0 Å². The van der Waals surface area contributed by atoms with Gasteiger partial charge in [-0.25, -0.2) is 0 Å². The van der Waals surface area contributed by atoms with Crippen molar-refractivity contribution in [2.24, 2.45) is 5.92 Å². The van der Waals surface area contributed by atoms with Crippen LogP contribution in [0.25, 0.3) is 0 Å². The molecule has 0 aliphatic heterocycles. The third-order valence-corrected chi connectivity index (χ3v) is 4.99. The number of hydrogen-bond acceptors (Lipinski definition) is 2.